The second-order valence-corrected chi connectivity index (χ2v) is 9.57. The molecule has 2 aromatic rings. The van der Waals surface area contributed by atoms with E-state index in [0.29, 0.717) is 11.3 Å². The lowest BCUT2D eigenvalue weighted by atomic mass is 10.2. The Morgan fingerprint density at radius 1 is 1.04 bits per heavy atom. The molecule has 1 fully saturated rings. The number of aryl methyl sites for hydroxylation is 1. The zero-order valence-corrected chi connectivity index (χ0v) is 17.9. The Bertz CT molecular complexity index is 950. The fourth-order valence-corrected chi connectivity index (χ4v) is 5.03. The Morgan fingerprint density at radius 3 is 2.39 bits per heavy atom. The number of anilines is 1. The van der Waals surface area contributed by atoms with Crippen molar-refractivity contribution in [1.29, 1.82) is 0 Å². The average Bonchev–Trinajstić information content (AvgIpc) is 2.96. The second kappa shape index (κ2) is 9.01. The van der Waals surface area contributed by atoms with Gasteiger partial charge < -0.3 is 4.90 Å². The summed E-state index contributed by atoms with van der Waals surface area (Å²) in [6.45, 7) is 3.36. The van der Waals surface area contributed by atoms with Crippen molar-refractivity contribution < 1.29 is 13.2 Å². The highest BCUT2D eigenvalue weighted by Gasteiger charge is 2.23. The van der Waals surface area contributed by atoms with Gasteiger partial charge in [0.1, 0.15) is 0 Å². The third-order valence-electron chi connectivity index (χ3n) is 4.88. The molecule has 0 aliphatic carbocycles. The topological polar surface area (TPSA) is 66.5 Å². The summed E-state index contributed by atoms with van der Waals surface area (Å²) in [4.78, 5) is 15.9. The smallest absolute Gasteiger partial charge is 0.261 e. The third-order valence-corrected chi connectivity index (χ3v) is 7.05. The van der Waals surface area contributed by atoms with E-state index in [1.165, 1.54) is 17.8 Å². The van der Waals surface area contributed by atoms with Crippen molar-refractivity contribution in [3.63, 3.8) is 0 Å². The number of carbonyl (C=O) groups is 1. The molecule has 3 rings (SSSR count). The largest absolute Gasteiger partial charge is 0.339 e. The Balaban J connectivity index is 1.92. The lowest BCUT2D eigenvalue weighted by Gasteiger charge is -2.22. The monoisotopic (exact) mass is 418 g/mol. The number of amides is 1. The van der Waals surface area contributed by atoms with E-state index in [9.17, 15) is 13.2 Å². The first-order chi connectivity index (χ1) is 13.4. The van der Waals surface area contributed by atoms with Gasteiger partial charge in [-0.25, -0.2) is 8.42 Å². The molecule has 5 nitrogen and oxygen atoms in total. The molecule has 0 atom stereocenters. The number of thioether (sulfide) groups is 1. The molecule has 1 aliphatic heterocycles. The van der Waals surface area contributed by atoms with Gasteiger partial charge in [0, 0.05) is 23.7 Å². The van der Waals surface area contributed by atoms with Gasteiger partial charge >= 0.3 is 0 Å². The van der Waals surface area contributed by atoms with Gasteiger partial charge in [0.05, 0.1) is 10.5 Å². The normalized spacial score (nSPS) is 15.1. The van der Waals surface area contributed by atoms with E-state index >= 15 is 0 Å². The van der Waals surface area contributed by atoms with Crippen LogP contribution >= 0.6 is 11.8 Å². The summed E-state index contributed by atoms with van der Waals surface area (Å²) < 4.78 is 28.4. The molecule has 0 bridgehead atoms. The number of benzene rings is 2. The average molecular weight is 419 g/mol. The standard InChI is InChI=1S/C21H26N2O3S2/c1-16-8-7-9-17(14-16)22-28(25,26)18-10-11-20(27-2)19(15-18)21(24)23-12-5-3-4-6-13-23/h7-11,14-15,22H,3-6,12-13H2,1-2H3. The van der Waals surface area contributed by atoms with Gasteiger partial charge in [0.25, 0.3) is 15.9 Å². The zero-order valence-electron chi connectivity index (χ0n) is 16.3. The quantitative estimate of drug-likeness (QED) is 0.724. The highest BCUT2D eigenvalue weighted by atomic mass is 32.2. The molecular formula is C21H26N2O3S2. The fourth-order valence-electron chi connectivity index (χ4n) is 3.39. The number of likely N-dealkylation sites (tertiary alicyclic amines) is 1. The van der Waals surface area contributed by atoms with Crippen LogP contribution in [-0.2, 0) is 10.0 Å². The van der Waals surface area contributed by atoms with Crippen LogP contribution in [0.15, 0.2) is 52.3 Å². The number of rotatable bonds is 5. The van der Waals surface area contributed by atoms with Crippen LogP contribution in [0.1, 0.15) is 41.6 Å². The van der Waals surface area contributed by atoms with Crippen LogP contribution in [0.5, 0.6) is 0 Å². The fraction of sp³-hybridized carbons (Fsp3) is 0.381. The molecule has 0 unspecified atom stereocenters. The summed E-state index contributed by atoms with van der Waals surface area (Å²) in [7, 11) is -3.78. The molecule has 0 radical (unpaired) electrons. The number of nitrogens with zero attached hydrogens (tertiary/aromatic N) is 1. The highest BCUT2D eigenvalue weighted by molar-refractivity contribution is 7.98. The third kappa shape index (κ3) is 4.89. The van der Waals surface area contributed by atoms with E-state index < -0.39 is 10.0 Å². The summed E-state index contributed by atoms with van der Waals surface area (Å²) in [5.74, 6) is -0.0844. The van der Waals surface area contributed by atoms with E-state index in [4.69, 9.17) is 0 Å². The zero-order chi connectivity index (χ0) is 20.1. The Morgan fingerprint density at radius 2 is 1.75 bits per heavy atom. The van der Waals surface area contributed by atoms with Gasteiger partial charge in [-0.2, -0.15) is 0 Å². The molecule has 1 N–H and O–H groups in total. The Kier molecular flexibility index (Phi) is 6.67. The van der Waals surface area contributed by atoms with Gasteiger partial charge in [0.2, 0.25) is 0 Å². The Labute approximate surface area is 171 Å². The number of sulfonamides is 1. The molecule has 0 saturated carbocycles. The van der Waals surface area contributed by atoms with Crippen molar-refractivity contribution in [2.75, 3.05) is 24.1 Å². The van der Waals surface area contributed by atoms with Gasteiger partial charge in [-0.3, -0.25) is 9.52 Å². The van der Waals surface area contributed by atoms with Crippen LogP contribution in [0, 0.1) is 6.92 Å². The summed E-state index contributed by atoms with van der Waals surface area (Å²) in [6, 6.07) is 12.0. The van der Waals surface area contributed by atoms with Crippen molar-refractivity contribution in [3.05, 3.63) is 53.6 Å². The predicted molar refractivity (Wildman–Crippen MR) is 115 cm³/mol. The summed E-state index contributed by atoms with van der Waals surface area (Å²) in [5, 5.41) is 0. The van der Waals surface area contributed by atoms with Crippen molar-refractivity contribution in [3.8, 4) is 0 Å². The molecule has 28 heavy (non-hydrogen) atoms. The minimum atomic E-state index is -3.78. The molecule has 1 heterocycles. The van der Waals surface area contributed by atoms with Crippen LogP contribution in [0.25, 0.3) is 0 Å². The molecule has 0 aromatic heterocycles. The van der Waals surface area contributed by atoms with E-state index in [-0.39, 0.29) is 10.8 Å². The first-order valence-corrected chi connectivity index (χ1v) is 12.2. The molecular weight excluding hydrogens is 392 g/mol. The number of hydrogen-bond acceptors (Lipinski definition) is 4. The van der Waals surface area contributed by atoms with E-state index in [1.54, 1.807) is 30.3 Å². The van der Waals surface area contributed by atoms with Crippen LogP contribution in [-0.4, -0.2) is 38.6 Å². The number of carbonyl (C=O) groups excluding carboxylic acids is 1. The summed E-state index contributed by atoms with van der Waals surface area (Å²) >= 11 is 1.46. The van der Waals surface area contributed by atoms with Gasteiger partial charge in [-0.1, -0.05) is 25.0 Å². The lowest BCUT2D eigenvalue weighted by Crippen LogP contribution is -2.32. The van der Waals surface area contributed by atoms with E-state index in [2.05, 4.69) is 4.72 Å². The molecule has 7 heteroatoms. The first kappa shape index (κ1) is 20.7. The molecule has 150 valence electrons. The molecule has 1 aliphatic rings. The van der Waals surface area contributed by atoms with E-state index in [0.717, 1.165) is 49.2 Å². The Hall–Kier alpha value is -1.99. The maximum atomic E-state index is 13.1. The maximum absolute atomic E-state index is 13.1. The maximum Gasteiger partial charge on any atom is 0.261 e. The molecule has 2 aromatic carbocycles. The van der Waals surface area contributed by atoms with Crippen molar-refractivity contribution >= 4 is 33.4 Å². The van der Waals surface area contributed by atoms with Gasteiger partial charge in [-0.15, -0.1) is 11.8 Å². The van der Waals surface area contributed by atoms with Crippen LogP contribution in [0.4, 0.5) is 5.69 Å². The summed E-state index contributed by atoms with van der Waals surface area (Å²) in [6.07, 6.45) is 6.15. The van der Waals surface area contributed by atoms with Crippen molar-refractivity contribution in [2.45, 2.75) is 42.4 Å². The molecule has 0 spiro atoms. The van der Waals surface area contributed by atoms with Crippen molar-refractivity contribution in [1.82, 2.24) is 4.90 Å². The molecule has 1 amide bonds. The lowest BCUT2D eigenvalue weighted by molar-refractivity contribution is 0.0758. The van der Waals surface area contributed by atoms with Crippen LogP contribution in [0.3, 0.4) is 0 Å². The van der Waals surface area contributed by atoms with Gasteiger partial charge in [0.15, 0.2) is 0 Å². The number of hydrogen-bond donors (Lipinski definition) is 1. The predicted octanol–water partition coefficient (Wildman–Crippen LogP) is 4.53. The SMILES string of the molecule is CSc1ccc(S(=O)(=O)Nc2cccc(C)c2)cc1C(=O)N1CCCCCC1. The molecule has 1 saturated heterocycles. The number of nitrogens with one attached hydrogen (secondary N) is 1. The minimum Gasteiger partial charge on any atom is -0.339 e. The van der Waals surface area contributed by atoms with Crippen molar-refractivity contribution in [2.24, 2.45) is 0 Å². The second-order valence-electron chi connectivity index (χ2n) is 7.04. The van der Waals surface area contributed by atoms with Gasteiger partial charge in [-0.05, 0) is 61.9 Å². The first-order valence-electron chi connectivity index (χ1n) is 9.47. The van der Waals surface area contributed by atoms with Crippen LogP contribution in [0.2, 0.25) is 0 Å². The minimum absolute atomic E-state index is 0.0844. The highest BCUT2D eigenvalue weighted by Crippen LogP contribution is 2.27. The van der Waals surface area contributed by atoms with Crippen LogP contribution < -0.4 is 4.72 Å². The summed E-state index contributed by atoms with van der Waals surface area (Å²) in [5.41, 5.74) is 1.94. The van der Waals surface area contributed by atoms with E-state index in [1.807, 2.05) is 24.1 Å².